The minimum absolute atomic E-state index is 0.0492. The third-order valence-corrected chi connectivity index (χ3v) is 8.18. The highest BCUT2D eigenvalue weighted by atomic mass is 32.2. The van der Waals surface area contributed by atoms with Gasteiger partial charge >= 0.3 is 0 Å². The molecule has 2 aromatic heterocycles. The standard InChI is InChI=1S/C26H24FN3O3S2/c1-15-3-12-20-21(13-15)35-24-23(20)25(32)30(18-8-10-19(33-2)11-9-18)26(29-24)34-14-22(31)28-17-6-4-16(27)5-7-17/h4-11,15H,3,12-14H2,1-2H3,(H,28,31). The van der Waals surface area contributed by atoms with E-state index in [2.05, 4.69) is 12.2 Å². The third kappa shape index (κ3) is 4.83. The molecule has 4 aromatic rings. The molecular weight excluding hydrogens is 485 g/mol. The number of thiophene rings is 1. The number of amides is 1. The predicted molar refractivity (Wildman–Crippen MR) is 139 cm³/mol. The number of anilines is 1. The Labute approximate surface area is 210 Å². The molecule has 0 bridgehead atoms. The molecule has 1 atom stereocenters. The van der Waals surface area contributed by atoms with Crippen molar-refractivity contribution >= 4 is 44.9 Å². The second-order valence-electron chi connectivity index (χ2n) is 8.61. The van der Waals surface area contributed by atoms with Crippen LogP contribution in [0.1, 0.15) is 23.8 Å². The zero-order valence-electron chi connectivity index (χ0n) is 19.3. The van der Waals surface area contributed by atoms with Crippen molar-refractivity contribution in [2.75, 3.05) is 18.2 Å². The maximum absolute atomic E-state index is 13.8. The van der Waals surface area contributed by atoms with Crippen LogP contribution in [0, 0.1) is 11.7 Å². The van der Waals surface area contributed by atoms with Crippen LogP contribution >= 0.6 is 23.1 Å². The van der Waals surface area contributed by atoms with Crippen molar-refractivity contribution in [3.63, 3.8) is 0 Å². The van der Waals surface area contributed by atoms with Crippen molar-refractivity contribution < 1.29 is 13.9 Å². The highest BCUT2D eigenvalue weighted by molar-refractivity contribution is 7.99. The van der Waals surface area contributed by atoms with E-state index >= 15 is 0 Å². The maximum atomic E-state index is 13.8. The molecule has 1 aliphatic carbocycles. The number of fused-ring (bicyclic) bond motifs is 3. The number of carbonyl (C=O) groups is 1. The van der Waals surface area contributed by atoms with Crippen molar-refractivity contribution in [1.29, 1.82) is 0 Å². The smallest absolute Gasteiger partial charge is 0.267 e. The monoisotopic (exact) mass is 509 g/mol. The van der Waals surface area contributed by atoms with Gasteiger partial charge in [0, 0.05) is 10.6 Å². The molecule has 1 aliphatic rings. The fourth-order valence-electron chi connectivity index (χ4n) is 4.29. The van der Waals surface area contributed by atoms with Gasteiger partial charge < -0.3 is 10.1 Å². The molecule has 1 amide bonds. The summed E-state index contributed by atoms with van der Waals surface area (Å²) in [4.78, 5) is 33.2. The molecule has 6 nitrogen and oxygen atoms in total. The summed E-state index contributed by atoms with van der Waals surface area (Å²) in [6, 6.07) is 12.8. The topological polar surface area (TPSA) is 73.2 Å². The Balaban J connectivity index is 1.52. The second-order valence-corrected chi connectivity index (χ2v) is 10.6. The number of halogens is 1. The van der Waals surface area contributed by atoms with Crippen molar-refractivity contribution in [2.24, 2.45) is 5.92 Å². The molecule has 0 radical (unpaired) electrons. The molecule has 9 heteroatoms. The first-order chi connectivity index (χ1) is 16.9. The zero-order valence-corrected chi connectivity index (χ0v) is 21.0. The lowest BCUT2D eigenvalue weighted by Crippen LogP contribution is -2.23. The first-order valence-corrected chi connectivity index (χ1v) is 13.1. The number of thioether (sulfide) groups is 1. The van der Waals surface area contributed by atoms with E-state index in [1.54, 1.807) is 35.1 Å². The summed E-state index contributed by atoms with van der Waals surface area (Å²) in [5.74, 6) is 0.685. The van der Waals surface area contributed by atoms with Gasteiger partial charge in [-0.2, -0.15) is 0 Å². The number of aromatic nitrogens is 2. The quantitative estimate of drug-likeness (QED) is 0.276. The molecule has 180 valence electrons. The fourth-order valence-corrected chi connectivity index (χ4v) is 6.52. The highest BCUT2D eigenvalue weighted by Gasteiger charge is 2.25. The molecule has 0 spiro atoms. The van der Waals surface area contributed by atoms with E-state index in [0.29, 0.717) is 33.6 Å². The van der Waals surface area contributed by atoms with Crippen LogP contribution in [0.3, 0.4) is 0 Å². The van der Waals surface area contributed by atoms with Crippen LogP contribution < -0.4 is 15.6 Å². The number of ether oxygens (including phenoxy) is 1. The third-order valence-electron chi connectivity index (χ3n) is 6.09. The number of benzene rings is 2. The summed E-state index contributed by atoms with van der Waals surface area (Å²) in [5, 5.41) is 3.89. The van der Waals surface area contributed by atoms with E-state index in [1.807, 2.05) is 12.1 Å². The van der Waals surface area contributed by atoms with Crippen LogP contribution in [0.15, 0.2) is 58.5 Å². The van der Waals surface area contributed by atoms with Gasteiger partial charge in [-0.15, -0.1) is 11.3 Å². The Morgan fingerprint density at radius 2 is 1.97 bits per heavy atom. The Kier molecular flexibility index (Phi) is 6.62. The molecule has 2 heterocycles. The van der Waals surface area contributed by atoms with Crippen LogP contribution in [0.4, 0.5) is 10.1 Å². The Morgan fingerprint density at radius 1 is 1.23 bits per heavy atom. The number of hydrogen-bond acceptors (Lipinski definition) is 6. The van der Waals surface area contributed by atoms with Crippen LogP contribution in [0.5, 0.6) is 5.75 Å². The van der Waals surface area contributed by atoms with Gasteiger partial charge in [0.2, 0.25) is 5.91 Å². The molecule has 2 aromatic carbocycles. The molecule has 1 unspecified atom stereocenters. The molecule has 0 fully saturated rings. The number of nitrogens with zero attached hydrogens (tertiary/aromatic N) is 2. The summed E-state index contributed by atoms with van der Waals surface area (Å²) in [6.07, 6.45) is 2.89. The largest absolute Gasteiger partial charge is 0.497 e. The summed E-state index contributed by atoms with van der Waals surface area (Å²) >= 11 is 2.79. The van der Waals surface area contributed by atoms with Crippen LogP contribution in [-0.4, -0.2) is 28.3 Å². The van der Waals surface area contributed by atoms with Crippen LogP contribution in [0.2, 0.25) is 0 Å². The number of hydrogen-bond donors (Lipinski definition) is 1. The average Bonchev–Trinajstić information content (AvgIpc) is 3.22. The molecule has 5 rings (SSSR count). The lowest BCUT2D eigenvalue weighted by molar-refractivity contribution is -0.113. The van der Waals surface area contributed by atoms with Gasteiger partial charge in [0.25, 0.3) is 5.56 Å². The van der Waals surface area contributed by atoms with Gasteiger partial charge in [-0.1, -0.05) is 18.7 Å². The van der Waals surface area contributed by atoms with E-state index < -0.39 is 0 Å². The lowest BCUT2D eigenvalue weighted by Gasteiger charge is -2.18. The van der Waals surface area contributed by atoms with E-state index in [0.717, 1.165) is 29.7 Å². The van der Waals surface area contributed by atoms with E-state index in [-0.39, 0.29) is 23.0 Å². The zero-order chi connectivity index (χ0) is 24.5. The van der Waals surface area contributed by atoms with Crippen molar-refractivity contribution in [2.45, 2.75) is 31.3 Å². The Hall–Kier alpha value is -3.17. The van der Waals surface area contributed by atoms with E-state index in [4.69, 9.17) is 9.72 Å². The van der Waals surface area contributed by atoms with Crippen LogP contribution in [-0.2, 0) is 17.6 Å². The summed E-state index contributed by atoms with van der Waals surface area (Å²) < 4.78 is 20.0. The van der Waals surface area contributed by atoms with Gasteiger partial charge in [-0.05, 0) is 79.3 Å². The maximum Gasteiger partial charge on any atom is 0.267 e. The highest BCUT2D eigenvalue weighted by Crippen LogP contribution is 2.37. The van der Waals surface area contributed by atoms with Crippen molar-refractivity contribution in [1.82, 2.24) is 9.55 Å². The number of methoxy groups -OCH3 is 1. The summed E-state index contributed by atoms with van der Waals surface area (Å²) in [6.45, 7) is 2.23. The second kappa shape index (κ2) is 9.83. The van der Waals surface area contributed by atoms with Gasteiger partial charge in [-0.25, -0.2) is 9.37 Å². The fraction of sp³-hybridized carbons (Fsp3) is 0.269. The van der Waals surface area contributed by atoms with Crippen molar-refractivity contribution in [3.05, 3.63) is 75.1 Å². The van der Waals surface area contributed by atoms with Gasteiger partial charge in [0.1, 0.15) is 16.4 Å². The SMILES string of the molecule is COc1ccc(-n2c(SCC(=O)Nc3ccc(F)cc3)nc3sc4c(c3c2=O)CCC(C)C4)cc1. The summed E-state index contributed by atoms with van der Waals surface area (Å²) in [7, 11) is 1.59. The number of aryl methyl sites for hydroxylation is 1. The minimum atomic E-state index is -0.369. The van der Waals surface area contributed by atoms with Crippen LogP contribution in [0.25, 0.3) is 15.9 Å². The van der Waals surface area contributed by atoms with E-state index in [1.165, 1.54) is 40.9 Å². The van der Waals surface area contributed by atoms with E-state index in [9.17, 15) is 14.0 Å². The van der Waals surface area contributed by atoms with Gasteiger partial charge in [0.15, 0.2) is 5.16 Å². The number of carbonyl (C=O) groups excluding carboxylic acids is 1. The first-order valence-electron chi connectivity index (χ1n) is 11.3. The lowest BCUT2D eigenvalue weighted by atomic mass is 9.89. The number of rotatable bonds is 6. The molecule has 0 aliphatic heterocycles. The Bertz CT molecular complexity index is 1450. The number of nitrogens with one attached hydrogen (secondary N) is 1. The minimum Gasteiger partial charge on any atom is -0.497 e. The average molecular weight is 510 g/mol. The molecule has 0 saturated heterocycles. The van der Waals surface area contributed by atoms with Gasteiger partial charge in [-0.3, -0.25) is 14.2 Å². The molecule has 0 saturated carbocycles. The Morgan fingerprint density at radius 3 is 2.69 bits per heavy atom. The molecular formula is C26H24FN3O3S2. The first kappa shape index (κ1) is 23.6. The van der Waals surface area contributed by atoms with Crippen molar-refractivity contribution in [3.8, 4) is 11.4 Å². The van der Waals surface area contributed by atoms with Gasteiger partial charge in [0.05, 0.1) is 23.9 Å². The molecule has 1 N–H and O–H groups in total. The molecule has 35 heavy (non-hydrogen) atoms. The summed E-state index contributed by atoms with van der Waals surface area (Å²) in [5.41, 5.74) is 2.17. The predicted octanol–water partition coefficient (Wildman–Crippen LogP) is 5.45. The normalized spacial score (nSPS) is 15.1.